The van der Waals surface area contributed by atoms with Crippen molar-refractivity contribution >= 4 is 12.0 Å². The first-order valence-corrected chi connectivity index (χ1v) is 6.16. The second-order valence-electron chi connectivity index (χ2n) is 4.20. The van der Waals surface area contributed by atoms with Gasteiger partial charge in [-0.2, -0.15) is 0 Å². The zero-order chi connectivity index (χ0) is 15.0. The topological polar surface area (TPSA) is 98.7 Å². The number of nitrogens with one attached hydrogen (secondary N) is 2. The number of benzene rings is 1. The van der Waals surface area contributed by atoms with Crippen LogP contribution in [0, 0.1) is 5.82 Å². The zero-order valence-corrected chi connectivity index (χ0v) is 10.8. The van der Waals surface area contributed by atoms with E-state index in [1.165, 1.54) is 24.3 Å². The van der Waals surface area contributed by atoms with Crippen LogP contribution in [0.3, 0.4) is 0 Å². The van der Waals surface area contributed by atoms with Crippen LogP contribution in [0.25, 0.3) is 0 Å². The van der Waals surface area contributed by atoms with Crippen molar-refractivity contribution in [3.8, 4) is 0 Å². The summed E-state index contributed by atoms with van der Waals surface area (Å²) in [6, 6.07) is 4.84. The Morgan fingerprint density at radius 1 is 1.20 bits per heavy atom. The van der Waals surface area contributed by atoms with Crippen molar-refractivity contribution in [3.63, 3.8) is 0 Å². The minimum absolute atomic E-state index is 0.0154. The fourth-order valence-electron chi connectivity index (χ4n) is 1.50. The molecule has 0 unspecified atom stereocenters. The quantitative estimate of drug-likeness (QED) is 0.562. The van der Waals surface area contributed by atoms with Crippen LogP contribution in [0.5, 0.6) is 0 Å². The number of aliphatic hydroxyl groups is 1. The van der Waals surface area contributed by atoms with Gasteiger partial charge in [-0.15, -0.1) is 0 Å². The Hall–Kier alpha value is -2.15. The van der Waals surface area contributed by atoms with Crippen molar-refractivity contribution in [3.05, 3.63) is 35.6 Å². The average Bonchev–Trinajstić information content (AvgIpc) is 2.41. The Morgan fingerprint density at radius 2 is 1.85 bits per heavy atom. The molecule has 0 aliphatic rings. The fourth-order valence-corrected chi connectivity index (χ4v) is 1.50. The van der Waals surface area contributed by atoms with Gasteiger partial charge in [-0.3, -0.25) is 4.79 Å². The number of amides is 2. The average molecular weight is 284 g/mol. The lowest BCUT2D eigenvalue weighted by atomic mass is 10.1. The number of hydrogen-bond donors (Lipinski definition) is 4. The first-order chi connectivity index (χ1) is 9.49. The molecule has 2 amide bonds. The molecule has 20 heavy (non-hydrogen) atoms. The molecule has 6 nitrogen and oxygen atoms in total. The van der Waals surface area contributed by atoms with Crippen LogP contribution in [0.1, 0.15) is 24.5 Å². The SMILES string of the molecule is O=C(O)CCCNC(=O)NC[C@H](O)c1ccc(F)cc1. The van der Waals surface area contributed by atoms with E-state index >= 15 is 0 Å². The monoisotopic (exact) mass is 284 g/mol. The van der Waals surface area contributed by atoms with Gasteiger partial charge in [0.25, 0.3) is 0 Å². The van der Waals surface area contributed by atoms with Crippen LogP contribution in [0.4, 0.5) is 9.18 Å². The van der Waals surface area contributed by atoms with Crippen LogP contribution in [-0.4, -0.2) is 35.3 Å². The summed E-state index contributed by atoms with van der Waals surface area (Å²) in [5.74, 6) is -1.32. The maximum atomic E-state index is 12.7. The number of halogens is 1. The third-order valence-corrected chi connectivity index (χ3v) is 2.56. The molecule has 1 aromatic carbocycles. The Bertz CT molecular complexity index is 450. The molecule has 1 atom stereocenters. The van der Waals surface area contributed by atoms with E-state index in [-0.39, 0.29) is 19.5 Å². The van der Waals surface area contributed by atoms with Crippen molar-refractivity contribution in [1.82, 2.24) is 10.6 Å². The second-order valence-corrected chi connectivity index (χ2v) is 4.20. The molecule has 0 bridgehead atoms. The highest BCUT2D eigenvalue weighted by Crippen LogP contribution is 2.12. The molecule has 0 saturated carbocycles. The summed E-state index contributed by atoms with van der Waals surface area (Å²) in [5.41, 5.74) is 0.498. The molecule has 110 valence electrons. The van der Waals surface area contributed by atoms with E-state index < -0.39 is 23.9 Å². The molecule has 7 heteroatoms. The van der Waals surface area contributed by atoms with Gasteiger partial charge in [0.15, 0.2) is 0 Å². The second kappa shape index (κ2) is 8.11. The van der Waals surface area contributed by atoms with Crippen molar-refractivity contribution in [2.75, 3.05) is 13.1 Å². The van der Waals surface area contributed by atoms with E-state index in [4.69, 9.17) is 5.11 Å². The summed E-state index contributed by atoms with van der Waals surface area (Å²) in [5, 5.41) is 23.1. The van der Waals surface area contributed by atoms with Crippen molar-refractivity contribution in [1.29, 1.82) is 0 Å². The molecule has 0 aromatic heterocycles. The Labute approximate surface area is 115 Å². The summed E-state index contributed by atoms with van der Waals surface area (Å²) >= 11 is 0. The predicted molar refractivity (Wildman–Crippen MR) is 69.6 cm³/mol. The lowest BCUT2D eigenvalue weighted by molar-refractivity contribution is -0.137. The van der Waals surface area contributed by atoms with Gasteiger partial charge >= 0.3 is 12.0 Å². The van der Waals surface area contributed by atoms with E-state index in [9.17, 15) is 19.1 Å². The first-order valence-electron chi connectivity index (χ1n) is 6.16. The van der Waals surface area contributed by atoms with E-state index in [2.05, 4.69) is 10.6 Å². The molecule has 0 radical (unpaired) electrons. The molecule has 0 aliphatic heterocycles. The van der Waals surface area contributed by atoms with Gasteiger partial charge in [0.1, 0.15) is 5.82 Å². The molecular formula is C13H17FN2O4. The number of carboxylic acids is 1. The standard InChI is InChI=1S/C13H17FN2O4/c14-10-5-3-9(4-6-10)11(17)8-16-13(20)15-7-1-2-12(18)19/h3-6,11,17H,1-2,7-8H2,(H,18,19)(H2,15,16,20)/t11-/m0/s1. The van der Waals surface area contributed by atoms with Crippen LogP contribution >= 0.6 is 0 Å². The summed E-state index contributed by atoms with van der Waals surface area (Å²) in [6.45, 7) is 0.223. The fraction of sp³-hybridized carbons (Fsp3) is 0.385. The molecule has 0 spiro atoms. The molecule has 1 aromatic rings. The number of hydrogen-bond acceptors (Lipinski definition) is 3. The lowest BCUT2D eigenvalue weighted by Gasteiger charge is -2.12. The number of carbonyl (C=O) groups excluding carboxylic acids is 1. The third kappa shape index (κ3) is 6.14. The van der Waals surface area contributed by atoms with Crippen LogP contribution in [0.15, 0.2) is 24.3 Å². The summed E-state index contributed by atoms with van der Waals surface area (Å²) < 4.78 is 12.7. The maximum Gasteiger partial charge on any atom is 0.314 e. The highest BCUT2D eigenvalue weighted by Gasteiger charge is 2.09. The first kappa shape index (κ1) is 15.9. The van der Waals surface area contributed by atoms with Crippen molar-refractivity contribution in [2.24, 2.45) is 0 Å². The number of aliphatic carboxylic acids is 1. The summed E-state index contributed by atoms with van der Waals surface area (Å²) in [6.07, 6.45) is -0.609. The van der Waals surface area contributed by atoms with E-state index in [1.54, 1.807) is 0 Å². The number of aliphatic hydroxyl groups excluding tert-OH is 1. The van der Waals surface area contributed by atoms with Gasteiger partial charge in [0.2, 0.25) is 0 Å². The predicted octanol–water partition coefficient (Wildman–Crippen LogP) is 1.02. The highest BCUT2D eigenvalue weighted by atomic mass is 19.1. The number of carbonyl (C=O) groups is 2. The van der Waals surface area contributed by atoms with Gasteiger partial charge in [-0.05, 0) is 24.1 Å². The maximum absolute atomic E-state index is 12.7. The highest BCUT2D eigenvalue weighted by molar-refractivity contribution is 5.74. The van der Waals surface area contributed by atoms with Gasteiger partial charge in [0, 0.05) is 19.5 Å². The van der Waals surface area contributed by atoms with Crippen molar-refractivity contribution in [2.45, 2.75) is 18.9 Å². The molecule has 0 aliphatic carbocycles. The molecular weight excluding hydrogens is 267 g/mol. The van der Waals surface area contributed by atoms with E-state index in [0.717, 1.165) is 0 Å². The smallest absolute Gasteiger partial charge is 0.314 e. The largest absolute Gasteiger partial charge is 0.481 e. The Morgan fingerprint density at radius 3 is 2.45 bits per heavy atom. The molecule has 0 heterocycles. The number of rotatable bonds is 7. The van der Waals surface area contributed by atoms with Gasteiger partial charge in [0.05, 0.1) is 6.10 Å². The van der Waals surface area contributed by atoms with Gasteiger partial charge in [-0.1, -0.05) is 12.1 Å². The number of urea groups is 1. The summed E-state index contributed by atoms with van der Waals surface area (Å²) in [4.78, 5) is 21.6. The summed E-state index contributed by atoms with van der Waals surface area (Å²) in [7, 11) is 0. The molecule has 0 saturated heterocycles. The van der Waals surface area contributed by atoms with E-state index in [0.29, 0.717) is 12.0 Å². The molecule has 0 fully saturated rings. The van der Waals surface area contributed by atoms with Gasteiger partial charge < -0.3 is 20.8 Å². The van der Waals surface area contributed by atoms with Crippen LogP contribution in [0.2, 0.25) is 0 Å². The molecule has 4 N–H and O–H groups in total. The number of carboxylic acid groups (broad SMARTS) is 1. The normalized spacial score (nSPS) is 11.7. The van der Waals surface area contributed by atoms with Crippen molar-refractivity contribution < 1.29 is 24.2 Å². The lowest BCUT2D eigenvalue weighted by Crippen LogP contribution is -2.38. The minimum atomic E-state index is -0.930. The van der Waals surface area contributed by atoms with Crippen LogP contribution in [-0.2, 0) is 4.79 Å². The van der Waals surface area contributed by atoms with Crippen LogP contribution < -0.4 is 10.6 Å². The Kier molecular flexibility index (Phi) is 6.45. The third-order valence-electron chi connectivity index (χ3n) is 2.56. The minimum Gasteiger partial charge on any atom is -0.481 e. The zero-order valence-electron chi connectivity index (χ0n) is 10.8. The van der Waals surface area contributed by atoms with E-state index in [1.807, 2.05) is 0 Å². The van der Waals surface area contributed by atoms with Gasteiger partial charge in [-0.25, -0.2) is 9.18 Å². The Balaban J connectivity index is 2.23. The molecule has 1 rings (SSSR count).